The van der Waals surface area contributed by atoms with E-state index in [-0.39, 0.29) is 12.5 Å². The Morgan fingerprint density at radius 2 is 1.88 bits per heavy atom. The fourth-order valence-electron chi connectivity index (χ4n) is 3.59. The van der Waals surface area contributed by atoms with E-state index in [1.807, 2.05) is 70.2 Å². The number of benzene rings is 2. The van der Waals surface area contributed by atoms with Crippen molar-refractivity contribution in [2.24, 2.45) is 5.92 Å². The lowest BCUT2D eigenvalue weighted by Crippen LogP contribution is -2.38. The van der Waals surface area contributed by atoms with Gasteiger partial charge < -0.3 is 14.8 Å². The van der Waals surface area contributed by atoms with Crippen molar-refractivity contribution in [3.05, 3.63) is 59.8 Å². The van der Waals surface area contributed by atoms with Crippen LogP contribution < -0.4 is 10.8 Å². The summed E-state index contributed by atoms with van der Waals surface area (Å²) < 4.78 is 10.6. The number of ether oxygens (including phenoxy) is 2. The summed E-state index contributed by atoms with van der Waals surface area (Å²) in [6.45, 7) is 9.91. The number of allylic oxidation sites excluding steroid dienone is 1. The van der Waals surface area contributed by atoms with Crippen molar-refractivity contribution in [3.63, 3.8) is 0 Å². The molecule has 1 aliphatic rings. The standard InChI is InChI=1S/C25H32N2O5/c1-6-30-22(28)25(20-12-11-18-9-7-8-10-19(18)14-20)15-21(27-32-25)13-17(2)16-26-23(29)31-24(3,4)5/h7-12,14-15,17,27H,6,13,16H2,1-5H3,(H,26,29). The molecule has 172 valence electrons. The molecule has 0 fully saturated rings. The van der Waals surface area contributed by atoms with Gasteiger partial charge in [-0.25, -0.2) is 14.4 Å². The molecule has 0 spiro atoms. The Morgan fingerprint density at radius 3 is 2.56 bits per heavy atom. The minimum atomic E-state index is -1.37. The quantitative estimate of drug-likeness (QED) is 0.614. The van der Waals surface area contributed by atoms with E-state index in [1.165, 1.54) is 0 Å². The maximum atomic E-state index is 13.0. The Bertz CT molecular complexity index is 1010. The lowest BCUT2D eigenvalue weighted by molar-refractivity contribution is -0.170. The fourth-order valence-corrected chi connectivity index (χ4v) is 3.59. The Balaban J connectivity index is 1.77. The summed E-state index contributed by atoms with van der Waals surface area (Å²) in [4.78, 5) is 30.8. The Morgan fingerprint density at radius 1 is 1.16 bits per heavy atom. The van der Waals surface area contributed by atoms with Gasteiger partial charge >= 0.3 is 12.1 Å². The first-order valence-electron chi connectivity index (χ1n) is 10.9. The molecular formula is C25H32N2O5. The molecule has 7 nitrogen and oxygen atoms in total. The Kier molecular flexibility index (Phi) is 7.09. The van der Waals surface area contributed by atoms with E-state index < -0.39 is 23.3 Å². The number of alkyl carbamates (subject to hydrolysis) is 1. The molecule has 0 bridgehead atoms. The number of nitrogens with one attached hydrogen (secondary N) is 2. The van der Waals surface area contributed by atoms with E-state index in [2.05, 4.69) is 10.8 Å². The lowest BCUT2D eigenvalue weighted by Gasteiger charge is -2.24. The van der Waals surface area contributed by atoms with Crippen LogP contribution in [0.3, 0.4) is 0 Å². The summed E-state index contributed by atoms with van der Waals surface area (Å²) in [6.07, 6.45) is 1.90. The monoisotopic (exact) mass is 440 g/mol. The first-order valence-corrected chi connectivity index (χ1v) is 10.9. The minimum absolute atomic E-state index is 0.0828. The Labute approximate surface area is 189 Å². The summed E-state index contributed by atoms with van der Waals surface area (Å²) in [5, 5.41) is 4.86. The number of fused-ring (bicyclic) bond motifs is 1. The topological polar surface area (TPSA) is 85.9 Å². The van der Waals surface area contributed by atoms with Crippen LogP contribution in [0.25, 0.3) is 10.8 Å². The van der Waals surface area contributed by atoms with Gasteiger partial charge in [-0.15, -0.1) is 0 Å². The molecule has 0 saturated carbocycles. The van der Waals surface area contributed by atoms with Gasteiger partial charge in [-0.3, -0.25) is 5.48 Å². The number of carbonyl (C=O) groups is 2. The molecule has 0 radical (unpaired) electrons. The highest BCUT2D eigenvalue weighted by Gasteiger charge is 2.46. The van der Waals surface area contributed by atoms with Crippen LogP contribution in [0, 0.1) is 5.92 Å². The van der Waals surface area contributed by atoms with Crippen LogP contribution in [0.2, 0.25) is 0 Å². The Hall–Kier alpha value is -3.06. The van der Waals surface area contributed by atoms with Crippen LogP contribution in [0.1, 0.15) is 46.6 Å². The summed E-state index contributed by atoms with van der Waals surface area (Å²) in [6, 6.07) is 13.7. The van der Waals surface area contributed by atoms with Crippen molar-refractivity contribution in [3.8, 4) is 0 Å². The average Bonchev–Trinajstić information content (AvgIpc) is 3.16. The normalized spacial score (nSPS) is 19.1. The second kappa shape index (κ2) is 9.61. The van der Waals surface area contributed by atoms with Crippen LogP contribution in [0.15, 0.2) is 54.2 Å². The number of esters is 1. The number of rotatable bonds is 7. The van der Waals surface area contributed by atoms with Gasteiger partial charge in [-0.05, 0) is 62.9 Å². The molecule has 2 unspecified atom stereocenters. The zero-order valence-electron chi connectivity index (χ0n) is 19.4. The average molecular weight is 441 g/mol. The number of hydroxylamine groups is 1. The van der Waals surface area contributed by atoms with Gasteiger partial charge in [0.15, 0.2) is 0 Å². The van der Waals surface area contributed by atoms with Gasteiger partial charge in [-0.1, -0.05) is 43.3 Å². The van der Waals surface area contributed by atoms with Gasteiger partial charge in [-0.2, -0.15) is 0 Å². The maximum Gasteiger partial charge on any atom is 0.407 e. The van der Waals surface area contributed by atoms with Crippen molar-refractivity contribution in [2.75, 3.05) is 13.2 Å². The zero-order valence-corrected chi connectivity index (χ0v) is 19.4. The molecule has 2 aromatic carbocycles. The predicted molar refractivity (Wildman–Crippen MR) is 123 cm³/mol. The van der Waals surface area contributed by atoms with Crippen molar-refractivity contribution < 1.29 is 23.9 Å². The largest absolute Gasteiger partial charge is 0.463 e. The third-order valence-electron chi connectivity index (χ3n) is 5.04. The molecule has 0 aromatic heterocycles. The SMILES string of the molecule is CCOC(=O)C1(c2ccc3ccccc3c2)C=C(CC(C)CNC(=O)OC(C)(C)C)NO1. The highest BCUT2D eigenvalue weighted by atomic mass is 16.7. The number of amides is 1. The first kappa shape index (κ1) is 23.6. The van der Waals surface area contributed by atoms with Crippen molar-refractivity contribution in [1.29, 1.82) is 0 Å². The van der Waals surface area contributed by atoms with Crippen LogP contribution >= 0.6 is 0 Å². The molecule has 2 atom stereocenters. The maximum absolute atomic E-state index is 13.0. The molecule has 1 amide bonds. The lowest BCUT2D eigenvalue weighted by atomic mass is 9.90. The molecule has 2 aromatic rings. The van der Waals surface area contributed by atoms with E-state index >= 15 is 0 Å². The van der Waals surface area contributed by atoms with Crippen molar-refractivity contribution >= 4 is 22.8 Å². The number of carbonyl (C=O) groups excluding carboxylic acids is 2. The van der Waals surface area contributed by atoms with Gasteiger partial charge in [0.05, 0.1) is 6.61 Å². The smallest absolute Gasteiger partial charge is 0.407 e. The zero-order chi connectivity index (χ0) is 23.4. The second-order valence-electron chi connectivity index (χ2n) is 9.08. The third kappa shape index (κ3) is 5.59. The molecule has 0 aliphatic carbocycles. The molecule has 1 heterocycles. The van der Waals surface area contributed by atoms with Gasteiger partial charge in [0, 0.05) is 17.8 Å². The molecule has 3 rings (SSSR count). The van der Waals surface area contributed by atoms with Crippen molar-refractivity contribution in [2.45, 2.75) is 52.2 Å². The third-order valence-corrected chi connectivity index (χ3v) is 5.04. The molecule has 32 heavy (non-hydrogen) atoms. The molecule has 0 saturated heterocycles. The van der Waals surface area contributed by atoms with Gasteiger partial charge in [0.2, 0.25) is 5.60 Å². The summed E-state index contributed by atoms with van der Waals surface area (Å²) in [7, 11) is 0. The second-order valence-corrected chi connectivity index (χ2v) is 9.08. The molecular weight excluding hydrogens is 408 g/mol. The summed E-state index contributed by atoms with van der Waals surface area (Å²) in [5.41, 5.74) is 2.44. The molecule has 2 N–H and O–H groups in total. The fraction of sp³-hybridized carbons (Fsp3) is 0.440. The van der Waals surface area contributed by atoms with E-state index in [0.29, 0.717) is 18.5 Å². The predicted octanol–water partition coefficient (Wildman–Crippen LogP) is 4.57. The summed E-state index contributed by atoms with van der Waals surface area (Å²) in [5.74, 6) is -0.392. The highest BCUT2D eigenvalue weighted by molar-refractivity contribution is 5.89. The highest BCUT2D eigenvalue weighted by Crippen LogP contribution is 2.36. The van der Waals surface area contributed by atoms with E-state index in [4.69, 9.17) is 14.3 Å². The summed E-state index contributed by atoms with van der Waals surface area (Å²) >= 11 is 0. The number of hydrogen-bond donors (Lipinski definition) is 2. The van der Waals surface area contributed by atoms with Crippen LogP contribution in [0.4, 0.5) is 4.79 Å². The van der Waals surface area contributed by atoms with Gasteiger partial charge in [0.25, 0.3) is 0 Å². The first-order chi connectivity index (χ1) is 15.1. The minimum Gasteiger partial charge on any atom is -0.463 e. The van der Waals surface area contributed by atoms with Crippen molar-refractivity contribution in [1.82, 2.24) is 10.8 Å². The van der Waals surface area contributed by atoms with E-state index in [9.17, 15) is 9.59 Å². The van der Waals surface area contributed by atoms with E-state index in [1.54, 1.807) is 13.0 Å². The van der Waals surface area contributed by atoms with E-state index in [0.717, 1.165) is 16.5 Å². The van der Waals surface area contributed by atoms with Crippen LogP contribution in [-0.4, -0.2) is 30.8 Å². The number of hydrogen-bond acceptors (Lipinski definition) is 6. The molecule has 7 heteroatoms. The molecule has 1 aliphatic heterocycles. The van der Waals surface area contributed by atoms with Crippen LogP contribution in [0.5, 0.6) is 0 Å². The van der Waals surface area contributed by atoms with Crippen LogP contribution in [-0.2, 0) is 24.7 Å². The van der Waals surface area contributed by atoms with Gasteiger partial charge in [0.1, 0.15) is 5.60 Å².